The molecule has 0 unspecified atom stereocenters. The molecular formula is C12H9ClN4O2. The highest BCUT2D eigenvalue weighted by Crippen LogP contribution is 2.32. The van der Waals surface area contributed by atoms with Gasteiger partial charge in [-0.05, 0) is 17.7 Å². The van der Waals surface area contributed by atoms with Crippen LogP contribution in [-0.2, 0) is 11.2 Å². The van der Waals surface area contributed by atoms with Crippen LogP contribution in [0.15, 0.2) is 24.5 Å². The third-order valence-electron chi connectivity index (χ3n) is 2.83. The minimum atomic E-state index is -0.312. The van der Waals surface area contributed by atoms with Crippen LogP contribution in [0.5, 0.6) is 0 Å². The summed E-state index contributed by atoms with van der Waals surface area (Å²) >= 11 is 6.07. The number of carbonyl (C=O) groups is 2. The second kappa shape index (κ2) is 4.40. The summed E-state index contributed by atoms with van der Waals surface area (Å²) in [4.78, 5) is 23.2. The second-order valence-electron chi connectivity index (χ2n) is 4.16. The number of amides is 2. The van der Waals surface area contributed by atoms with Crippen molar-refractivity contribution in [2.24, 2.45) is 0 Å². The van der Waals surface area contributed by atoms with Crippen LogP contribution in [0.2, 0.25) is 5.02 Å². The zero-order valence-electron chi connectivity index (χ0n) is 9.66. The average Bonchev–Trinajstić information content (AvgIpc) is 2.97. The lowest BCUT2D eigenvalue weighted by Crippen LogP contribution is -2.11. The van der Waals surface area contributed by atoms with Gasteiger partial charge in [-0.1, -0.05) is 11.6 Å². The Morgan fingerprint density at radius 2 is 2.26 bits per heavy atom. The van der Waals surface area contributed by atoms with Crippen LogP contribution < -0.4 is 10.6 Å². The Kier molecular flexibility index (Phi) is 2.72. The number of nitrogens with one attached hydrogen (secondary N) is 3. The molecule has 3 N–H and O–H groups in total. The van der Waals surface area contributed by atoms with Gasteiger partial charge in [0, 0.05) is 11.9 Å². The summed E-state index contributed by atoms with van der Waals surface area (Å²) in [5, 5.41) is 12.0. The number of rotatable bonds is 2. The van der Waals surface area contributed by atoms with Gasteiger partial charge in [-0.25, -0.2) is 0 Å². The van der Waals surface area contributed by atoms with E-state index in [0.717, 1.165) is 5.56 Å². The highest BCUT2D eigenvalue weighted by atomic mass is 35.5. The van der Waals surface area contributed by atoms with Gasteiger partial charge in [-0.3, -0.25) is 14.7 Å². The third kappa shape index (κ3) is 2.17. The minimum absolute atomic E-state index is 0.0793. The lowest BCUT2D eigenvalue weighted by Gasteiger charge is -2.08. The number of aromatic nitrogens is 2. The van der Waals surface area contributed by atoms with Crippen molar-refractivity contribution in [3.05, 3.63) is 40.7 Å². The third-order valence-corrected chi connectivity index (χ3v) is 3.14. The van der Waals surface area contributed by atoms with E-state index in [-0.39, 0.29) is 11.8 Å². The number of hydrogen-bond acceptors (Lipinski definition) is 3. The fraction of sp³-hybridized carbons (Fsp3) is 0.0833. The monoisotopic (exact) mass is 276 g/mol. The Balaban J connectivity index is 1.88. The lowest BCUT2D eigenvalue weighted by atomic mass is 10.1. The molecule has 0 radical (unpaired) electrons. The van der Waals surface area contributed by atoms with Crippen LogP contribution in [-0.4, -0.2) is 22.0 Å². The molecule has 1 aromatic carbocycles. The molecule has 0 atom stereocenters. The summed E-state index contributed by atoms with van der Waals surface area (Å²) < 4.78 is 0. The Bertz CT molecular complexity index is 667. The van der Waals surface area contributed by atoms with E-state index in [9.17, 15) is 9.59 Å². The van der Waals surface area contributed by atoms with E-state index in [0.29, 0.717) is 28.4 Å². The molecule has 1 aliphatic rings. The fourth-order valence-corrected chi connectivity index (χ4v) is 2.12. The average molecular weight is 277 g/mol. The predicted octanol–water partition coefficient (Wildman–Crippen LogP) is 1.81. The lowest BCUT2D eigenvalue weighted by molar-refractivity contribution is -0.115. The van der Waals surface area contributed by atoms with Crippen molar-refractivity contribution in [1.82, 2.24) is 10.2 Å². The van der Waals surface area contributed by atoms with Gasteiger partial charge in [0.25, 0.3) is 5.91 Å². The van der Waals surface area contributed by atoms with Crippen molar-refractivity contribution in [2.75, 3.05) is 10.6 Å². The molecule has 1 aromatic heterocycles. The first-order chi connectivity index (χ1) is 9.13. The fourth-order valence-electron chi connectivity index (χ4n) is 1.91. The van der Waals surface area contributed by atoms with E-state index in [4.69, 9.17) is 11.6 Å². The maximum absolute atomic E-state index is 11.9. The molecule has 0 aliphatic carbocycles. The van der Waals surface area contributed by atoms with Crippen molar-refractivity contribution in [3.8, 4) is 0 Å². The van der Waals surface area contributed by atoms with E-state index < -0.39 is 0 Å². The van der Waals surface area contributed by atoms with Crippen LogP contribution in [0.4, 0.5) is 11.4 Å². The zero-order chi connectivity index (χ0) is 13.4. The molecule has 96 valence electrons. The summed E-state index contributed by atoms with van der Waals surface area (Å²) in [5.74, 6) is -0.391. The molecule has 3 rings (SSSR count). The highest BCUT2D eigenvalue weighted by molar-refractivity contribution is 6.34. The summed E-state index contributed by atoms with van der Waals surface area (Å²) in [6.07, 6.45) is 3.20. The largest absolute Gasteiger partial charge is 0.325 e. The van der Waals surface area contributed by atoms with Crippen LogP contribution in [0.25, 0.3) is 0 Å². The van der Waals surface area contributed by atoms with E-state index >= 15 is 0 Å². The van der Waals surface area contributed by atoms with Crippen molar-refractivity contribution in [2.45, 2.75) is 6.42 Å². The van der Waals surface area contributed by atoms with Crippen molar-refractivity contribution in [3.63, 3.8) is 0 Å². The standard InChI is InChI=1S/C12H9ClN4O2/c13-8-3-9-6(2-11(18)16-9)1-10(8)17-12(19)7-4-14-15-5-7/h1,3-5H,2H2,(H,14,15)(H,16,18)(H,17,19). The smallest absolute Gasteiger partial charge is 0.258 e. The first-order valence-electron chi connectivity index (χ1n) is 5.56. The molecule has 1 aliphatic heterocycles. The Hall–Kier alpha value is -2.34. The molecule has 2 aromatic rings. The summed E-state index contributed by atoms with van der Waals surface area (Å²) in [7, 11) is 0. The number of anilines is 2. The number of halogens is 1. The Morgan fingerprint density at radius 3 is 3.00 bits per heavy atom. The van der Waals surface area contributed by atoms with Crippen molar-refractivity contribution in [1.29, 1.82) is 0 Å². The molecule has 7 heteroatoms. The molecule has 6 nitrogen and oxygen atoms in total. The zero-order valence-corrected chi connectivity index (χ0v) is 10.4. The quantitative estimate of drug-likeness (QED) is 0.782. The van der Waals surface area contributed by atoms with Crippen LogP contribution in [0.3, 0.4) is 0 Å². The molecule has 2 amide bonds. The summed E-state index contributed by atoms with van der Waals surface area (Å²) in [6, 6.07) is 3.33. The van der Waals surface area contributed by atoms with Gasteiger partial charge >= 0.3 is 0 Å². The number of fused-ring (bicyclic) bond motifs is 1. The van der Waals surface area contributed by atoms with Crippen molar-refractivity contribution >= 4 is 34.8 Å². The Morgan fingerprint density at radius 1 is 1.42 bits per heavy atom. The van der Waals surface area contributed by atoms with Crippen LogP contribution >= 0.6 is 11.6 Å². The van der Waals surface area contributed by atoms with Gasteiger partial charge in [0.2, 0.25) is 5.91 Å². The van der Waals surface area contributed by atoms with Gasteiger partial charge in [-0.2, -0.15) is 5.10 Å². The highest BCUT2D eigenvalue weighted by Gasteiger charge is 2.20. The summed E-state index contributed by atoms with van der Waals surface area (Å²) in [6.45, 7) is 0. The molecule has 0 spiro atoms. The van der Waals surface area contributed by atoms with Gasteiger partial charge in [0.05, 0.1) is 28.9 Å². The van der Waals surface area contributed by atoms with Gasteiger partial charge in [0.1, 0.15) is 0 Å². The van der Waals surface area contributed by atoms with Gasteiger partial charge in [-0.15, -0.1) is 0 Å². The number of aromatic amines is 1. The molecule has 2 heterocycles. The second-order valence-corrected chi connectivity index (χ2v) is 4.56. The maximum atomic E-state index is 11.9. The maximum Gasteiger partial charge on any atom is 0.258 e. The molecule has 0 saturated carbocycles. The molecular weight excluding hydrogens is 268 g/mol. The first-order valence-corrected chi connectivity index (χ1v) is 5.93. The topological polar surface area (TPSA) is 86.9 Å². The predicted molar refractivity (Wildman–Crippen MR) is 70.3 cm³/mol. The van der Waals surface area contributed by atoms with Crippen LogP contribution in [0.1, 0.15) is 15.9 Å². The van der Waals surface area contributed by atoms with Gasteiger partial charge < -0.3 is 10.6 Å². The molecule has 0 fully saturated rings. The summed E-state index contributed by atoms with van der Waals surface area (Å²) in [5.41, 5.74) is 2.39. The molecule has 19 heavy (non-hydrogen) atoms. The van der Waals surface area contributed by atoms with E-state index in [1.807, 2.05) is 0 Å². The number of benzene rings is 1. The SMILES string of the molecule is O=C1Cc2cc(NC(=O)c3cn[nH]c3)c(Cl)cc2N1. The number of carbonyl (C=O) groups excluding carboxylic acids is 2. The normalized spacial score (nSPS) is 13.0. The van der Waals surface area contributed by atoms with Crippen molar-refractivity contribution < 1.29 is 9.59 Å². The first kappa shape index (κ1) is 11.7. The molecule has 0 bridgehead atoms. The van der Waals surface area contributed by atoms with E-state index in [1.54, 1.807) is 12.1 Å². The minimum Gasteiger partial charge on any atom is -0.325 e. The van der Waals surface area contributed by atoms with E-state index in [2.05, 4.69) is 20.8 Å². The number of hydrogen-bond donors (Lipinski definition) is 3. The van der Waals surface area contributed by atoms with Gasteiger partial charge in [0.15, 0.2) is 0 Å². The van der Waals surface area contributed by atoms with Crippen LogP contribution in [0, 0.1) is 0 Å². The molecule has 0 saturated heterocycles. The number of H-pyrrole nitrogens is 1. The number of nitrogens with zero attached hydrogens (tertiary/aromatic N) is 1. The Labute approximate surface area is 113 Å². The van der Waals surface area contributed by atoms with E-state index in [1.165, 1.54) is 12.4 Å².